The lowest BCUT2D eigenvalue weighted by Gasteiger charge is -2.16. The molecule has 0 N–H and O–H groups in total. The molecule has 82 valence electrons. The number of aryl methyl sites for hydroxylation is 1. The maximum Gasteiger partial charge on any atom is 0.164 e. The summed E-state index contributed by atoms with van der Waals surface area (Å²) in [4.78, 5) is 15.8. The molecule has 0 saturated carbocycles. The minimum absolute atomic E-state index is 0.195. The second-order valence-electron chi connectivity index (χ2n) is 5.23. The Morgan fingerprint density at radius 3 is 2.53 bits per heavy atom. The highest BCUT2D eigenvalue weighted by Gasteiger charge is 2.14. The van der Waals surface area contributed by atoms with Crippen LogP contribution in [0.3, 0.4) is 0 Å². The molecule has 0 amide bonds. The summed E-state index contributed by atoms with van der Waals surface area (Å²) >= 11 is 0. The molecule has 1 rings (SSSR count). The number of aromatic nitrogens is 1. The molecule has 2 nitrogen and oxygen atoms in total. The second-order valence-corrected chi connectivity index (χ2v) is 5.23. The maximum absolute atomic E-state index is 11.8. The van der Waals surface area contributed by atoms with Crippen molar-refractivity contribution in [2.45, 2.75) is 40.5 Å². The van der Waals surface area contributed by atoms with E-state index in [1.807, 2.05) is 13.0 Å². The molecule has 2 heteroatoms. The minimum Gasteiger partial charge on any atom is -0.294 e. The molecule has 0 aliphatic rings. The first-order chi connectivity index (χ1) is 6.88. The normalized spacial score (nSPS) is 11.5. The zero-order chi connectivity index (χ0) is 11.5. The number of carbonyl (C=O) groups excluding carboxylic acids is 1. The van der Waals surface area contributed by atoms with Gasteiger partial charge in [0.15, 0.2) is 5.78 Å². The number of Topliss-reactive ketones (excluding diaryl/α,β-unsaturated/α-hetero) is 1. The molecule has 0 atom stereocenters. The fraction of sp³-hybridized carbons (Fsp3) is 0.538. The molecule has 0 spiro atoms. The molecule has 1 aromatic heterocycles. The van der Waals surface area contributed by atoms with Gasteiger partial charge in [-0.25, -0.2) is 0 Å². The summed E-state index contributed by atoms with van der Waals surface area (Å²) in [5, 5.41) is 0. The Hall–Kier alpha value is -1.18. The molecule has 15 heavy (non-hydrogen) atoms. The Bertz CT molecular complexity index is 350. The smallest absolute Gasteiger partial charge is 0.164 e. The van der Waals surface area contributed by atoms with Gasteiger partial charge in [0.1, 0.15) is 0 Å². The van der Waals surface area contributed by atoms with Crippen molar-refractivity contribution in [2.24, 2.45) is 5.41 Å². The number of hydrogen-bond acceptors (Lipinski definition) is 2. The summed E-state index contributed by atoms with van der Waals surface area (Å²) in [5.74, 6) is 0.195. The monoisotopic (exact) mass is 205 g/mol. The first kappa shape index (κ1) is 11.9. The van der Waals surface area contributed by atoms with E-state index < -0.39 is 0 Å². The van der Waals surface area contributed by atoms with Crippen LogP contribution in [0.15, 0.2) is 18.5 Å². The van der Waals surface area contributed by atoms with Crippen molar-refractivity contribution in [3.8, 4) is 0 Å². The number of hydrogen-bond donors (Lipinski definition) is 0. The summed E-state index contributed by atoms with van der Waals surface area (Å²) < 4.78 is 0. The first-order valence-corrected chi connectivity index (χ1v) is 5.33. The molecular weight excluding hydrogens is 186 g/mol. The molecule has 0 radical (unpaired) electrons. The lowest BCUT2D eigenvalue weighted by Crippen LogP contribution is -2.09. The molecule has 0 saturated heterocycles. The van der Waals surface area contributed by atoms with Crippen LogP contribution >= 0.6 is 0 Å². The third kappa shape index (κ3) is 4.24. The van der Waals surface area contributed by atoms with Gasteiger partial charge in [-0.2, -0.15) is 0 Å². The van der Waals surface area contributed by atoms with E-state index in [1.165, 1.54) is 0 Å². The highest BCUT2D eigenvalue weighted by molar-refractivity contribution is 5.95. The predicted molar refractivity (Wildman–Crippen MR) is 62.0 cm³/mol. The molecular formula is C13H19NO. The van der Waals surface area contributed by atoms with Crippen LogP contribution in [0, 0.1) is 12.3 Å². The standard InChI is InChI=1S/C13H19NO/c1-10-7-11(9-14-8-10)12(15)5-6-13(2,3)4/h7-9H,5-6H2,1-4H3. The van der Waals surface area contributed by atoms with Gasteiger partial charge in [-0.05, 0) is 30.4 Å². The van der Waals surface area contributed by atoms with Crippen molar-refractivity contribution in [3.05, 3.63) is 29.6 Å². The summed E-state index contributed by atoms with van der Waals surface area (Å²) in [6, 6.07) is 1.90. The highest BCUT2D eigenvalue weighted by atomic mass is 16.1. The molecule has 0 aromatic carbocycles. The van der Waals surface area contributed by atoms with Gasteiger partial charge >= 0.3 is 0 Å². The lowest BCUT2D eigenvalue weighted by molar-refractivity contribution is 0.0965. The van der Waals surface area contributed by atoms with Crippen LogP contribution in [0.1, 0.15) is 49.5 Å². The summed E-state index contributed by atoms with van der Waals surface area (Å²) in [5.41, 5.74) is 1.99. The van der Waals surface area contributed by atoms with E-state index in [4.69, 9.17) is 0 Å². The van der Waals surface area contributed by atoms with Gasteiger partial charge in [-0.1, -0.05) is 20.8 Å². The van der Waals surface area contributed by atoms with Crippen molar-refractivity contribution in [1.82, 2.24) is 4.98 Å². The largest absolute Gasteiger partial charge is 0.294 e. The maximum atomic E-state index is 11.8. The van der Waals surface area contributed by atoms with Crippen molar-refractivity contribution in [3.63, 3.8) is 0 Å². The van der Waals surface area contributed by atoms with Crippen molar-refractivity contribution >= 4 is 5.78 Å². The van der Waals surface area contributed by atoms with Gasteiger partial charge in [0.05, 0.1) is 0 Å². The Morgan fingerprint density at radius 2 is 2.00 bits per heavy atom. The number of nitrogens with zero attached hydrogens (tertiary/aromatic N) is 1. The van der Waals surface area contributed by atoms with Crippen LogP contribution in [0.2, 0.25) is 0 Å². The molecule has 0 aliphatic carbocycles. The van der Waals surface area contributed by atoms with Crippen molar-refractivity contribution < 1.29 is 4.79 Å². The predicted octanol–water partition coefficient (Wildman–Crippen LogP) is 3.40. The van der Waals surface area contributed by atoms with Crippen LogP contribution < -0.4 is 0 Å². The fourth-order valence-electron chi connectivity index (χ4n) is 1.34. The van der Waals surface area contributed by atoms with E-state index in [0.717, 1.165) is 17.5 Å². The molecule has 0 fully saturated rings. The van der Waals surface area contributed by atoms with Gasteiger partial charge in [-0.3, -0.25) is 9.78 Å². The number of ketones is 1. The van der Waals surface area contributed by atoms with E-state index in [0.29, 0.717) is 6.42 Å². The van der Waals surface area contributed by atoms with Crippen LogP contribution in [0.4, 0.5) is 0 Å². The molecule has 0 bridgehead atoms. The quantitative estimate of drug-likeness (QED) is 0.708. The van der Waals surface area contributed by atoms with Crippen molar-refractivity contribution in [1.29, 1.82) is 0 Å². The van der Waals surface area contributed by atoms with Crippen LogP contribution in [-0.2, 0) is 0 Å². The van der Waals surface area contributed by atoms with Crippen molar-refractivity contribution in [2.75, 3.05) is 0 Å². The van der Waals surface area contributed by atoms with Crippen LogP contribution in [0.5, 0.6) is 0 Å². The Morgan fingerprint density at radius 1 is 1.33 bits per heavy atom. The van der Waals surface area contributed by atoms with Gasteiger partial charge in [0.25, 0.3) is 0 Å². The number of rotatable bonds is 3. The molecule has 1 heterocycles. The third-order valence-electron chi connectivity index (χ3n) is 2.30. The highest BCUT2D eigenvalue weighted by Crippen LogP contribution is 2.21. The summed E-state index contributed by atoms with van der Waals surface area (Å²) in [6.45, 7) is 8.39. The Balaban J connectivity index is 2.62. The zero-order valence-electron chi connectivity index (χ0n) is 10.0. The second kappa shape index (κ2) is 4.56. The Labute approximate surface area is 91.7 Å². The minimum atomic E-state index is 0.195. The SMILES string of the molecule is Cc1cncc(C(=O)CCC(C)(C)C)c1. The summed E-state index contributed by atoms with van der Waals surface area (Å²) in [6.07, 6.45) is 4.94. The first-order valence-electron chi connectivity index (χ1n) is 5.33. The number of carbonyl (C=O) groups is 1. The lowest BCUT2D eigenvalue weighted by atomic mass is 9.88. The molecule has 1 aromatic rings. The average Bonchev–Trinajstić information content (AvgIpc) is 2.13. The van der Waals surface area contributed by atoms with Gasteiger partial charge in [-0.15, -0.1) is 0 Å². The van der Waals surface area contributed by atoms with E-state index >= 15 is 0 Å². The van der Waals surface area contributed by atoms with Crippen LogP contribution in [0.25, 0.3) is 0 Å². The average molecular weight is 205 g/mol. The van der Waals surface area contributed by atoms with E-state index in [1.54, 1.807) is 12.4 Å². The van der Waals surface area contributed by atoms with E-state index in [9.17, 15) is 4.79 Å². The van der Waals surface area contributed by atoms with Gasteiger partial charge in [0.2, 0.25) is 0 Å². The van der Waals surface area contributed by atoms with Gasteiger partial charge in [0, 0.05) is 24.4 Å². The zero-order valence-corrected chi connectivity index (χ0v) is 10.0. The van der Waals surface area contributed by atoms with Gasteiger partial charge < -0.3 is 0 Å². The van der Waals surface area contributed by atoms with E-state index in [2.05, 4.69) is 25.8 Å². The summed E-state index contributed by atoms with van der Waals surface area (Å²) in [7, 11) is 0. The topological polar surface area (TPSA) is 30.0 Å². The molecule has 0 unspecified atom stereocenters. The Kier molecular flexibility index (Phi) is 3.61. The number of pyridine rings is 1. The van der Waals surface area contributed by atoms with E-state index in [-0.39, 0.29) is 11.2 Å². The third-order valence-corrected chi connectivity index (χ3v) is 2.30. The molecule has 0 aliphatic heterocycles. The van der Waals surface area contributed by atoms with Crippen LogP contribution in [-0.4, -0.2) is 10.8 Å². The fourth-order valence-corrected chi connectivity index (χ4v) is 1.34.